The fourth-order valence-corrected chi connectivity index (χ4v) is 5.69. The number of allylic oxidation sites excluding steroid dienone is 1. The van der Waals surface area contributed by atoms with E-state index >= 15 is 0 Å². The van der Waals surface area contributed by atoms with Crippen molar-refractivity contribution in [3.63, 3.8) is 0 Å². The largest absolute Gasteiger partial charge is 0.398 e. The van der Waals surface area contributed by atoms with Crippen LogP contribution in [0.15, 0.2) is 146 Å². The summed E-state index contributed by atoms with van der Waals surface area (Å²) in [6.07, 6.45) is 4.13. The van der Waals surface area contributed by atoms with Gasteiger partial charge in [-0.2, -0.15) is 0 Å². The van der Waals surface area contributed by atoms with Gasteiger partial charge >= 0.3 is 0 Å². The molecule has 0 saturated carbocycles. The van der Waals surface area contributed by atoms with E-state index in [9.17, 15) is 0 Å². The molecule has 7 aromatic rings. The summed E-state index contributed by atoms with van der Waals surface area (Å²) in [6.45, 7) is 2.02. The number of rotatable bonds is 6. The molecule has 44 heavy (non-hydrogen) atoms. The van der Waals surface area contributed by atoms with Crippen molar-refractivity contribution in [1.82, 2.24) is 15.0 Å². The highest BCUT2D eigenvalue weighted by Crippen LogP contribution is 2.41. The lowest BCUT2D eigenvalue weighted by Crippen LogP contribution is -2.00. The molecule has 0 spiro atoms. The standard InChI is InChI=1S/C40H30N4/c1-2-12-34-35(19-11-20-36(34)41)37-32-18-10-9-13-27(32)25-26-33(37)28-21-23-31(24-22-28)40-43-38(29-14-5-3-6-15-29)42-39(44-40)30-16-7-4-8-17-30/h2-26H,41H2,1H3/b12-2-. The van der Waals surface area contributed by atoms with E-state index in [-0.39, 0.29) is 0 Å². The highest BCUT2D eigenvalue weighted by molar-refractivity contribution is 6.06. The monoisotopic (exact) mass is 566 g/mol. The van der Waals surface area contributed by atoms with Crippen molar-refractivity contribution in [1.29, 1.82) is 0 Å². The number of nitrogen functional groups attached to an aromatic ring is 1. The smallest absolute Gasteiger partial charge is 0.164 e. The molecule has 0 aliphatic heterocycles. The second kappa shape index (κ2) is 11.8. The summed E-state index contributed by atoms with van der Waals surface area (Å²) < 4.78 is 0. The molecule has 4 nitrogen and oxygen atoms in total. The molecule has 0 unspecified atom stereocenters. The summed E-state index contributed by atoms with van der Waals surface area (Å²) >= 11 is 0. The van der Waals surface area contributed by atoms with Gasteiger partial charge in [0, 0.05) is 27.9 Å². The number of benzene rings is 6. The van der Waals surface area contributed by atoms with E-state index in [1.807, 2.05) is 85.8 Å². The van der Waals surface area contributed by atoms with Gasteiger partial charge in [-0.05, 0) is 46.0 Å². The Balaban J connectivity index is 1.37. The van der Waals surface area contributed by atoms with Crippen LogP contribution >= 0.6 is 0 Å². The summed E-state index contributed by atoms with van der Waals surface area (Å²) in [5, 5.41) is 2.37. The third-order valence-corrected chi connectivity index (χ3v) is 7.83. The number of fused-ring (bicyclic) bond motifs is 1. The van der Waals surface area contributed by atoms with Crippen LogP contribution in [0.1, 0.15) is 12.5 Å². The Kier molecular flexibility index (Phi) is 7.23. The molecule has 7 rings (SSSR count). The normalized spacial score (nSPS) is 11.3. The van der Waals surface area contributed by atoms with Crippen molar-refractivity contribution < 1.29 is 0 Å². The van der Waals surface area contributed by atoms with Crippen molar-refractivity contribution in [2.45, 2.75) is 6.92 Å². The Bertz CT molecular complexity index is 2060. The summed E-state index contributed by atoms with van der Waals surface area (Å²) in [4.78, 5) is 14.6. The molecule has 0 fully saturated rings. The first-order valence-electron chi connectivity index (χ1n) is 14.7. The first-order chi connectivity index (χ1) is 21.7. The lowest BCUT2D eigenvalue weighted by molar-refractivity contribution is 1.07. The number of anilines is 1. The van der Waals surface area contributed by atoms with Crippen LogP contribution in [0.4, 0.5) is 5.69 Å². The molecule has 4 heteroatoms. The predicted octanol–water partition coefficient (Wildman–Crippen LogP) is 9.98. The van der Waals surface area contributed by atoms with Crippen LogP contribution in [0.25, 0.3) is 73.3 Å². The first-order valence-corrected chi connectivity index (χ1v) is 14.7. The third kappa shape index (κ3) is 5.14. The van der Waals surface area contributed by atoms with Gasteiger partial charge in [-0.25, -0.2) is 15.0 Å². The van der Waals surface area contributed by atoms with Crippen molar-refractivity contribution >= 4 is 22.5 Å². The molecule has 0 aliphatic rings. The summed E-state index contributed by atoms with van der Waals surface area (Å²) in [7, 11) is 0. The second-order valence-electron chi connectivity index (χ2n) is 10.6. The fraction of sp³-hybridized carbons (Fsp3) is 0.0250. The van der Waals surface area contributed by atoms with E-state index in [1.54, 1.807) is 0 Å². The zero-order chi connectivity index (χ0) is 29.9. The van der Waals surface area contributed by atoms with Crippen LogP contribution in [0, 0.1) is 0 Å². The third-order valence-electron chi connectivity index (χ3n) is 7.83. The van der Waals surface area contributed by atoms with Gasteiger partial charge < -0.3 is 5.73 Å². The molecule has 0 saturated heterocycles. The molecule has 1 aromatic heterocycles. The second-order valence-corrected chi connectivity index (χ2v) is 10.6. The molecule has 0 aliphatic carbocycles. The highest BCUT2D eigenvalue weighted by Gasteiger charge is 2.17. The number of hydrogen-bond acceptors (Lipinski definition) is 4. The molecule has 1 heterocycles. The van der Waals surface area contributed by atoms with Crippen molar-refractivity contribution in [2.24, 2.45) is 0 Å². The van der Waals surface area contributed by atoms with Gasteiger partial charge in [0.1, 0.15) is 0 Å². The van der Waals surface area contributed by atoms with Crippen LogP contribution < -0.4 is 5.73 Å². The van der Waals surface area contributed by atoms with Gasteiger partial charge in [0.2, 0.25) is 0 Å². The van der Waals surface area contributed by atoms with Crippen molar-refractivity contribution in [3.05, 3.63) is 151 Å². The van der Waals surface area contributed by atoms with Gasteiger partial charge in [0.25, 0.3) is 0 Å². The van der Waals surface area contributed by atoms with Gasteiger partial charge in [0.15, 0.2) is 17.5 Å². The summed E-state index contributed by atoms with van der Waals surface area (Å²) in [6, 6.07) is 47.6. The maximum atomic E-state index is 6.50. The zero-order valence-electron chi connectivity index (χ0n) is 24.4. The number of aromatic nitrogens is 3. The Morgan fingerprint density at radius 1 is 0.477 bits per heavy atom. The molecule has 0 atom stereocenters. The minimum absolute atomic E-state index is 0.634. The van der Waals surface area contributed by atoms with Gasteiger partial charge in [-0.3, -0.25) is 0 Å². The molecule has 0 bridgehead atoms. The average molecular weight is 567 g/mol. The van der Waals surface area contributed by atoms with Crippen LogP contribution in [0.5, 0.6) is 0 Å². The molecule has 0 radical (unpaired) electrons. The fourth-order valence-electron chi connectivity index (χ4n) is 5.69. The number of nitrogens with zero attached hydrogens (tertiary/aromatic N) is 3. The summed E-state index contributed by atoms with van der Waals surface area (Å²) in [5.74, 6) is 1.93. The SMILES string of the molecule is C/C=C\c1c(N)cccc1-c1c(-c2ccc(-c3nc(-c4ccccc4)nc(-c4ccccc4)n3)cc2)ccc2ccccc12. The summed E-state index contributed by atoms with van der Waals surface area (Å²) in [5.41, 5.74) is 15.6. The molecule has 0 amide bonds. The minimum atomic E-state index is 0.634. The Labute approximate surface area is 257 Å². The average Bonchev–Trinajstić information content (AvgIpc) is 3.09. The minimum Gasteiger partial charge on any atom is -0.398 e. The van der Waals surface area contributed by atoms with E-state index in [0.29, 0.717) is 17.5 Å². The van der Waals surface area contributed by atoms with E-state index in [2.05, 4.69) is 72.8 Å². The van der Waals surface area contributed by atoms with Crippen LogP contribution in [-0.4, -0.2) is 15.0 Å². The topological polar surface area (TPSA) is 64.7 Å². The maximum absolute atomic E-state index is 6.50. The van der Waals surface area contributed by atoms with Crippen LogP contribution in [-0.2, 0) is 0 Å². The quantitative estimate of drug-likeness (QED) is 0.203. The Morgan fingerprint density at radius 3 is 1.64 bits per heavy atom. The van der Waals surface area contributed by atoms with Crippen LogP contribution in [0.3, 0.4) is 0 Å². The Morgan fingerprint density at radius 2 is 1.02 bits per heavy atom. The zero-order valence-corrected chi connectivity index (χ0v) is 24.4. The van der Waals surface area contributed by atoms with Crippen molar-refractivity contribution in [2.75, 3.05) is 5.73 Å². The highest BCUT2D eigenvalue weighted by atomic mass is 15.0. The van der Waals surface area contributed by atoms with E-state index in [0.717, 1.165) is 50.2 Å². The predicted molar refractivity (Wildman–Crippen MR) is 184 cm³/mol. The molecule has 6 aromatic carbocycles. The van der Waals surface area contributed by atoms with Gasteiger partial charge in [-0.1, -0.05) is 146 Å². The first kappa shape index (κ1) is 27.0. The van der Waals surface area contributed by atoms with E-state index < -0.39 is 0 Å². The van der Waals surface area contributed by atoms with Gasteiger partial charge in [-0.15, -0.1) is 0 Å². The lowest BCUT2D eigenvalue weighted by Gasteiger charge is -2.17. The van der Waals surface area contributed by atoms with Gasteiger partial charge in [0.05, 0.1) is 0 Å². The molecule has 210 valence electrons. The molecular weight excluding hydrogens is 536 g/mol. The molecule has 2 N–H and O–H groups in total. The van der Waals surface area contributed by atoms with E-state index in [1.165, 1.54) is 10.8 Å². The van der Waals surface area contributed by atoms with Crippen molar-refractivity contribution in [3.8, 4) is 56.4 Å². The Hall–Kier alpha value is -5.87. The van der Waals surface area contributed by atoms with E-state index in [4.69, 9.17) is 20.7 Å². The molecular formula is C40H30N4. The maximum Gasteiger partial charge on any atom is 0.164 e. The number of nitrogens with two attached hydrogens (primary N) is 1. The lowest BCUT2D eigenvalue weighted by atomic mass is 9.87. The number of hydrogen-bond donors (Lipinski definition) is 1. The van der Waals surface area contributed by atoms with Crippen LogP contribution in [0.2, 0.25) is 0 Å².